The summed E-state index contributed by atoms with van der Waals surface area (Å²) < 4.78 is 39.1. The average Bonchev–Trinajstić information content (AvgIpc) is 3.33. The maximum Gasteiger partial charge on any atom is 0.243 e. The highest BCUT2D eigenvalue weighted by Crippen LogP contribution is 2.40. The molecule has 0 aromatic heterocycles. The van der Waals surface area contributed by atoms with E-state index in [2.05, 4.69) is 11.4 Å². The Hall–Kier alpha value is -2.58. The number of nitrogens with one attached hydrogen (secondary N) is 1. The summed E-state index contributed by atoms with van der Waals surface area (Å²) in [7, 11) is -1.98. The van der Waals surface area contributed by atoms with Gasteiger partial charge < -0.3 is 14.8 Å². The Bertz CT molecular complexity index is 1170. The van der Waals surface area contributed by atoms with Crippen molar-refractivity contribution in [1.29, 1.82) is 0 Å². The Balaban J connectivity index is 1.48. The van der Waals surface area contributed by atoms with Gasteiger partial charge in [0.15, 0.2) is 0 Å². The molecule has 0 spiro atoms. The van der Waals surface area contributed by atoms with Crippen LogP contribution in [-0.4, -0.2) is 44.4 Å². The van der Waals surface area contributed by atoms with Crippen molar-refractivity contribution in [1.82, 2.24) is 9.62 Å². The number of hydrogen-bond acceptors (Lipinski definition) is 5. The minimum absolute atomic E-state index is 0.0926. The lowest BCUT2D eigenvalue weighted by atomic mass is 9.89. The highest BCUT2D eigenvalue weighted by molar-refractivity contribution is 7.89. The fourth-order valence-electron chi connectivity index (χ4n) is 4.81. The van der Waals surface area contributed by atoms with Crippen LogP contribution in [0.5, 0.6) is 11.5 Å². The number of nitrogens with zero attached hydrogens (tertiary/aromatic N) is 1. The summed E-state index contributed by atoms with van der Waals surface area (Å²) in [6.07, 6.45) is 3.04. The molecule has 8 heteroatoms. The fourth-order valence-corrected chi connectivity index (χ4v) is 6.37. The molecule has 0 radical (unpaired) electrons. The molecule has 2 aromatic rings. The lowest BCUT2D eigenvalue weighted by Crippen LogP contribution is -2.41. The van der Waals surface area contributed by atoms with Gasteiger partial charge >= 0.3 is 0 Å². The van der Waals surface area contributed by atoms with Crippen LogP contribution in [0, 0.1) is 6.92 Å². The number of rotatable bonds is 7. The number of sulfonamides is 1. The van der Waals surface area contributed by atoms with E-state index in [0.717, 1.165) is 29.7 Å². The van der Waals surface area contributed by atoms with Gasteiger partial charge in [0.2, 0.25) is 15.9 Å². The SMILES string of the molecule is COc1ccc(S(=O)(=O)N2CCCC2)cc1CCC(=O)N[C@H]1CC(C)(C)Oc2ccc(C)cc21. The zero-order valence-electron chi connectivity index (χ0n) is 20.4. The van der Waals surface area contributed by atoms with Crippen molar-refractivity contribution in [3.63, 3.8) is 0 Å². The number of fused-ring (bicyclic) bond motifs is 1. The molecular weight excluding hydrogens is 452 g/mol. The second kappa shape index (κ2) is 9.58. The summed E-state index contributed by atoms with van der Waals surface area (Å²) in [5.41, 5.74) is 2.43. The maximum absolute atomic E-state index is 13.0. The molecule has 0 saturated carbocycles. The molecule has 2 aliphatic heterocycles. The molecule has 0 unspecified atom stereocenters. The molecule has 1 atom stereocenters. The number of aryl methyl sites for hydroxylation is 2. The predicted molar refractivity (Wildman–Crippen MR) is 131 cm³/mol. The highest BCUT2D eigenvalue weighted by atomic mass is 32.2. The van der Waals surface area contributed by atoms with E-state index in [4.69, 9.17) is 9.47 Å². The highest BCUT2D eigenvalue weighted by Gasteiger charge is 2.34. The lowest BCUT2D eigenvalue weighted by Gasteiger charge is -2.38. The number of ether oxygens (including phenoxy) is 2. The molecular formula is C26H34N2O5S. The van der Waals surface area contributed by atoms with Crippen molar-refractivity contribution < 1.29 is 22.7 Å². The number of carbonyl (C=O) groups is 1. The van der Waals surface area contributed by atoms with Gasteiger partial charge in [0.25, 0.3) is 0 Å². The number of methoxy groups -OCH3 is 1. The first kappa shape index (κ1) is 24.5. The number of benzene rings is 2. The second-order valence-corrected chi connectivity index (χ2v) is 11.8. The summed E-state index contributed by atoms with van der Waals surface area (Å²) >= 11 is 0. The summed E-state index contributed by atoms with van der Waals surface area (Å²) in [5, 5.41) is 3.17. The van der Waals surface area contributed by atoms with Gasteiger partial charge in [0.05, 0.1) is 18.0 Å². The third-order valence-electron chi connectivity index (χ3n) is 6.53. The standard InChI is InChI=1S/C26H34N2O5S/c1-18-7-10-24-21(15-18)22(17-26(2,3)33-24)27-25(29)12-8-19-16-20(9-11-23(19)32-4)34(30,31)28-13-5-6-14-28/h7,9-11,15-16,22H,5-6,8,12-14,17H2,1-4H3,(H,27,29)/t22-/m0/s1. The van der Waals surface area contributed by atoms with Crippen LogP contribution in [0.4, 0.5) is 0 Å². The summed E-state index contributed by atoms with van der Waals surface area (Å²) in [5.74, 6) is 1.29. The van der Waals surface area contributed by atoms with E-state index in [0.29, 0.717) is 37.2 Å². The molecule has 184 valence electrons. The van der Waals surface area contributed by atoms with E-state index in [1.165, 1.54) is 4.31 Å². The Labute approximate surface area is 202 Å². The van der Waals surface area contributed by atoms with Crippen molar-refractivity contribution in [3.8, 4) is 11.5 Å². The zero-order chi connectivity index (χ0) is 24.5. The van der Waals surface area contributed by atoms with Gasteiger partial charge in [-0.25, -0.2) is 8.42 Å². The van der Waals surface area contributed by atoms with Gasteiger partial charge in [0, 0.05) is 31.5 Å². The monoisotopic (exact) mass is 486 g/mol. The molecule has 4 rings (SSSR count). The molecule has 1 saturated heterocycles. The van der Waals surface area contributed by atoms with Crippen molar-refractivity contribution >= 4 is 15.9 Å². The van der Waals surface area contributed by atoms with Crippen molar-refractivity contribution in [2.45, 2.75) is 69.4 Å². The number of hydrogen-bond donors (Lipinski definition) is 1. The summed E-state index contributed by atoms with van der Waals surface area (Å²) in [6, 6.07) is 10.8. The smallest absolute Gasteiger partial charge is 0.243 e. The first-order chi connectivity index (χ1) is 16.1. The molecule has 1 amide bonds. The van der Waals surface area contributed by atoms with Gasteiger partial charge in [0.1, 0.15) is 17.1 Å². The molecule has 1 fully saturated rings. The third kappa shape index (κ3) is 5.23. The largest absolute Gasteiger partial charge is 0.496 e. The van der Waals surface area contributed by atoms with E-state index in [9.17, 15) is 13.2 Å². The molecule has 34 heavy (non-hydrogen) atoms. The Morgan fingerprint density at radius 1 is 1.18 bits per heavy atom. The van der Waals surface area contributed by atoms with Crippen LogP contribution in [0.1, 0.15) is 62.3 Å². The van der Waals surface area contributed by atoms with Gasteiger partial charge in [-0.05, 0) is 69.9 Å². The van der Waals surface area contributed by atoms with Crippen molar-refractivity contribution in [2.75, 3.05) is 20.2 Å². The molecule has 0 aliphatic carbocycles. The van der Waals surface area contributed by atoms with Crippen LogP contribution >= 0.6 is 0 Å². The van der Waals surface area contributed by atoms with E-state index in [1.54, 1.807) is 25.3 Å². The minimum atomic E-state index is -3.53. The van der Waals surface area contributed by atoms with Gasteiger partial charge in [-0.15, -0.1) is 0 Å². The molecule has 2 heterocycles. The normalized spacial score (nSPS) is 19.8. The van der Waals surface area contributed by atoms with Crippen molar-refractivity contribution in [3.05, 3.63) is 53.1 Å². The van der Waals surface area contributed by atoms with E-state index in [1.807, 2.05) is 32.9 Å². The Kier molecular flexibility index (Phi) is 6.92. The topological polar surface area (TPSA) is 84.9 Å². The molecule has 7 nitrogen and oxygen atoms in total. The number of carbonyl (C=O) groups excluding carboxylic acids is 1. The van der Waals surface area contributed by atoms with E-state index >= 15 is 0 Å². The zero-order valence-corrected chi connectivity index (χ0v) is 21.2. The Morgan fingerprint density at radius 2 is 1.91 bits per heavy atom. The molecule has 0 bridgehead atoms. The van der Waals surface area contributed by atoms with Crippen LogP contribution in [0.25, 0.3) is 0 Å². The quantitative estimate of drug-likeness (QED) is 0.636. The van der Waals surface area contributed by atoms with Crippen LogP contribution < -0.4 is 14.8 Å². The second-order valence-electron chi connectivity index (χ2n) is 9.81. The minimum Gasteiger partial charge on any atom is -0.496 e. The van der Waals surface area contributed by atoms with Crippen LogP contribution in [0.2, 0.25) is 0 Å². The molecule has 1 N–H and O–H groups in total. The van der Waals surface area contributed by atoms with Crippen molar-refractivity contribution in [2.24, 2.45) is 0 Å². The summed E-state index contributed by atoms with van der Waals surface area (Å²) in [6.45, 7) is 7.16. The van der Waals surface area contributed by atoms with E-state index in [-0.39, 0.29) is 28.9 Å². The van der Waals surface area contributed by atoms with E-state index < -0.39 is 10.0 Å². The summed E-state index contributed by atoms with van der Waals surface area (Å²) in [4.78, 5) is 13.2. The third-order valence-corrected chi connectivity index (χ3v) is 8.43. The lowest BCUT2D eigenvalue weighted by molar-refractivity contribution is -0.122. The first-order valence-electron chi connectivity index (χ1n) is 11.8. The van der Waals surface area contributed by atoms with Crippen LogP contribution in [-0.2, 0) is 21.2 Å². The van der Waals surface area contributed by atoms with Crippen LogP contribution in [0.15, 0.2) is 41.3 Å². The average molecular weight is 487 g/mol. The first-order valence-corrected chi connectivity index (χ1v) is 13.3. The number of amides is 1. The maximum atomic E-state index is 13.0. The molecule has 2 aliphatic rings. The van der Waals surface area contributed by atoms with Gasteiger partial charge in [-0.1, -0.05) is 17.7 Å². The van der Waals surface area contributed by atoms with Gasteiger partial charge in [-0.3, -0.25) is 4.79 Å². The van der Waals surface area contributed by atoms with Gasteiger partial charge in [-0.2, -0.15) is 4.31 Å². The van der Waals surface area contributed by atoms with Crippen LogP contribution in [0.3, 0.4) is 0 Å². The predicted octanol–water partition coefficient (Wildman–Crippen LogP) is 4.14. The fraction of sp³-hybridized carbons (Fsp3) is 0.500. The Morgan fingerprint density at radius 3 is 2.62 bits per heavy atom. The molecule has 2 aromatic carbocycles.